The number of methoxy groups -OCH3 is 1. The Kier molecular flexibility index (Phi) is 12.8. The van der Waals surface area contributed by atoms with Crippen molar-refractivity contribution in [2.45, 2.75) is 135 Å². The van der Waals surface area contributed by atoms with Crippen molar-refractivity contribution in [2.75, 3.05) is 7.11 Å². The van der Waals surface area contributed by atoms with E-state index in [1.807, 2.05) is 0 Å². The molecule has 0 bridgehead atoms. The molecule has 0 aromatic heterocycles. The van der Waals surface area contributed by atoms with Crippen molar-refractivity contribution in [3.63, 3.8) is 0 Å². The summed E-state index contributed by atoms with van der Waals surface area (Å²) in [5.74, 6) is -7.01. The van der Waals surface area contributed by atoms with Gasteiger partial charge in [0.2, 0.25) is 0 Å². The maximum absolute atomic E-state index is 13.5. The number of ketones is 2. The zero-order valence-corrected chi connectivity index (χ0v) is 27.2. The van der Waals surface area contributed by atoms with Crippen LogP contribution in [0.5, 0.6) is 0 Å². The van der Waals surface area contributed by atoms with Gasteiger partial charge in [0, 0.05) is 31.3 Å². The van der Waals surface area contributed by atoms with Gasteiger partial charge in [-0.25, -0.2) is 4.79 Å². The topological polar surface area (TPSA) is 192 Å². The smallest absolute Gasteiger partial charge is 0.383 e. The molecule has 13 heteroatoms. The lowest BCUT2D eigenvalue weighted by Crippen LogP contribution is -2.56. The average molecular weight is 631 g/mol. The molecular weight excluding hydrogens is 580 g/mol. The Morgan fingerprint density at radius 1 is 1.05 bits per heavy atom. The number of rotatable bonds is 7. The number of aldehydes is 1. The first kappa shape index (κ1) is 37.9. The third kappa shape index (κ3) is 8.70. The molecule has 0 amide bonds. The van der Waals surface area contributed by atoms with Crippen LogP contribution in [0.25, 0.3) is 0 Å². The fraction of sp³-hybridized carbons (Fsp3) is 0.839. The lowest BCUT2D eigenvalue weighted by atomic mass is 9.75. The predicted molar refractivity (Wildman–Crippen MR) is 154 cm³/mol. The Morgan fingerprint density at radius 3 is 2.20 bits per heavy atom. The van der Waals surface area contributed by atoms with Gasteiger partial charge in [-0.1, -0.05) is 34.6 Å². The van der Waals surface area contributed by atoms with Gasteiger partial charge in [0.1, 0.15) is 23.1 Å². The summed E-state index contributed by atoms with van der Waals surface area (Å²) in [6.07, 6.45) is -6.37. The number of hydrogen-bond acceptors (Lipinski definition) is 13. The van der Waals surface area contributed by atoms with E-state index in [1.165, 1.54) is 27.9 Å². The van der Waals surface area contributed by atoms with Crippen LogP contribution in [0.3, 0.4) is 0 Å². The normalized spacial score (nSPS) is 43.0. The van der Waals surface area contributed by atoms with Crippen molar-refractivity contribution >= 4 is 29.8 Å². The summed E-state index contributed by atoms with van der Waals surface area (Å²) in [7, 11) is 1.50. The molecule has 2 heterocycles. The van der Waals surface area contributed by atoms with Crippen molar-refractivity contribution in [1.29, 1.82) is 0 Å². The minimum Gasteiger partial charge on any atom is -0.459 e. The molecule has 3 N–H and O–H groups in total. The Balaban J connectivity index is 2.57. The molecule has 0 aromatic carbocycles. The molecule has 2 aliphatic rings. The maximum atomic E-state index is 13.5. The van der Waals surface area contributed by atoms with Crippen LogP contribution in [0.2, 0.25) is 0 Å². The van der Waals surface area contributed by atoms with E-state index in [9.17, 15) is 39.3 Å². The molecule has 2 aliphatic heterocycles. The standard InChI is InChI=1S/C31H50O13/c1-10-22-31(8,39)26(36)18(4)25(35)17(3)13-29(6,44-28(38)20(33)15-32)12-16(2)21(11-23(34)42-22)41-24-14-30(7,40-9)19(5)27(37)43-24/h15-19,21-22,24,26-27,36-37,39H,10-14H2,1-9H3/t16-,17-,18+,19?,21-,22-,24?,26-,27?,29-,30?,31-/m1/s1. The summed E-state index contributed by atoms with van der Waals surface area (Å²) in [5.41, 5.74) is -4.35. The maximum Gasteiger partial charge on any atom is 0.383 e. The molecule has 44 heavy (non-hydrogen) atoms. The molecule has 4 unspecified atom stereocenters. The van der Waals surface area contributed by atoms with Crippen LogP contribution in [0, 0.1) is 23.7 Å². The quantitative estimate of drug-likeness (QED) is 0.159. The summed E-state index contributed by atoms with van der Waals surface area (Å²) in [6, 6.07) is 0. The van der Waals surface area contributed by atoms with Gasteiger partial charge in [0.15, 0.2) is 18.9 Å². The van der Waals surface area contributed by atoms with Crippen molar-refractivity contribution < 1.29 is 63.0 Å². The number of esters is 2. The average Bonchev–Trinajstić information content (AvgIpc) is 2.95. The SMILES string of the molecule is CC[C@H]1OC(=O)C[C@@H](OC2CC(C)(OC)C(C)C(O)O2)[C@H](C)C[C@@](C)(OC(=O)C(=O)C=O)C[C@@H](C)C(=O)[C@H](C)[C@@H](O)[C@]1(C)O. The van der Waals surface area contributed by atoms with Crippen LogP contribution in [-0.2, 0) is 47.7 Å². The fourth-order valence-corrected chi connectivity index (χ4v) is 6.41. The minimum atomic E-state index is -2.01. The lowest BCUT2D eigenvalue weighted by Gasteiger charge is -2.46. The van der Waals surface area contributed by atoms with Gasteiger partial charge in [-0.15, -0.1) is 0 Å². The van der Waals surface area contributed by atoms with E-state index in [-0.39, 0.29) is 38.4 Å². The van der Waals surface area contributed by atoms with Crippen LogP contribution in [0.4, 0.5) is 0 Å². The fourth-order valence-electron chi connectivity index (χ4n) is 6.41. The van der Waals surface area contributed by atoms with Crippen molar-refractivity contribution in [2.24, 2.45) is 23.7 Å². The summed E-state index contributed by atoms with van der Waals surface area (Å²) in [4.78, 5) is 62.1. The second kappa shape index (κ2) is 14.9. The third-order valence-electron chi connectivity index (χ3n) is 9.49. The minimum absolute atomic E-state index is 0.0283. The van der Waals surface area contributed by atoms with Crippen molar-refractivity contribution in [1.82, 2.24) is 0 Å². The molecule has 0 aliphatic carbocycles. The molecule has 12 atom stereocenters. The van der Waals surface area contributed by atoms with E-state index < -0.39 is 94.9 Å². The van der Waals surface area contributed by atoms with E-state index in [1.54, 1.807) is 34.6 Å². The number of aliphatic hydroxyl groups is 3. The number of cyclic esters (lactones) is 1. The lowest BCUT2D eigenvalue weighted by molar-refractivity contribution is -0.325. The van der Waals surface area contributed by atoms with Crippen molar-refractivity contribution in [3.8, 4) is 0 Å². The highest BCUT2D eigenvalue weighted by Crippen LogP contribution is 2.39. The molecule has 0 aromatic rings. The second-order valence-corrected chi connectivity index (χ2v) is 13.2. The Labute approximate surface area is 258 Å². The summed E-state index contributed by atoms with van der Waals surface area (Å²) < 4.78 is 28.8. The van der Waals surface area contributed by atoms with Gasteiger partial charge < -0.3 is 39.0 Å². The first-order valence-corrected chi connectivity index (χ1v) is 15.1. The second-order valence-electron chi connectivity index (χ2n) is 13.2. The molecule has 0 radical (unpaired) electrons. The zero-order chi connectivity index (χ0) is 33.8. The molecule has 2 rings (SSSR count). The monoisotopic (exact) mass is 630 g/mol. The van der Waals surface area contributed by atoms with Gasteiger partial charge in [0.05, 0.1) is 24.2 Å². The number of carbonyl (C=O) groups is 5. The van der Waals surface area contributed by atoms with Crippen LogP contribution < -0.4 is 0 Å². The molecule has 0 saturated carbocycles. The molecule has 13 nitrogen and oxygen atoms in total. The highest BCUT2D eigenvalue weighted by atomic mass is 16.7. The molecule has 252 valence electrons. The molecule has 2 fully saturated rings. The number of hydrogen-bond donors (Lipinski definition) is 3. The van der Waals surface area contributed by atoms with E-state index in [4.69, 9.17) is 23.7 Å². The van der Waals surface area contributed by atoms with Crippen molar-refractivity contribution in [3.05, 3.63) is 0 Å². The number of aliphatic hydroxyl groups excluding tert-OH is 2. The van der Waals surface area contributed by atoms with E-state index in [0.29, 0.717) is 0 Å². The van der Waals surface area contributed by atoms with E-state index in [0.717, 1.165) is 0 Å². The van der Waals surface area contributed by atoms with Crippen LogP contribution in [0.1, 0.15) is 87.5 Å². The van der Waals surface area contributed by atoms with Crippen LogP contribution >= 0.6 is 0 Å². The number of carbonyl (C=O) groups excluding carboxylic acids is 5. The molecule has 2 saturated heterocycles. The van der Waals surface area contributed by atoms with Crippen LogP contribution in [-0.4, -0.2) is 99.9 Å². The van der Waals surface area contributed by atoms with Crippen LogP contribution in [0.15, 0.2) is 0 Å². The summed E-state index contributed by atoms with van der Waals surface area (Å²) in [6.45, 7) is 12.7. The van der Waals surface area contributed by atoms with E-state index in [2.05, 4.69) is 0 Å². The largest absolute Gasteiger partial charge is 0.459 e. The zero-order valence-electron chi connectivity index (χ0n) is 27.2. The summed E-state index contributed by atoms with van der Waals surface area (Å²) in [5, 5.41) is 33.0. The third-order valence-corrected chi connectivity index (χ3v) is 9.49. The summed E-state index contributed by atoms with van der Waals surface area (Å²) >= 11 is 0. The van der Waals surface area contributed by atoms with Gasteiger partial charge in [-0.05, 0) is 46.0 Å². The predicted octanol–water partition coefficient (Wildman–Crippen LogP) is 1.64. The number of ether oxygens (including phenoxy) is 5. The Bertz CT molecular complexity index is 1060. The first-order chi connectivity index (χ1) is 20.2. The van der Waals surface area contributed by atoms with Gasteiger partial charge in [0.25, 0.3) is 0 Å². The molecular formula is C31H50O13. The van der Waals surface area contributed by atoms with E-state index >= 15 is 0 Å². The van der Waals surface area contributed by atoms with Gasteiger partial charge in [-0.2, -0.15) is 0 Å². The highest BCUT2D eigenvalue weighted by Gasteiger charge is 2.49. The van der Waals surface area contributed by atoms with Gasteiger partial charge in [-0.3, -0.25) is 19.2 Å². The Morgan fingerprint density at radius 2 is 1.66 bits per heavy atom. The Hall–Kier alpha value is -2.29. The van der Waals surface area contributed by atoms with Gasteiger partial charge >= 0.3 is 17.7 Å². The highest BCUT2D eigenvalue weighted by molar-refractivity contribution is 6.55. The first-order valence-electron chi connectivity index (χ1n) is 15.1. The number of Topliss-reactive ketones (excluding diaryl/α,β-unsaturated/α-hetero) is 2. The molecule has 0 spiro atoms.